The predicted molar refractivity (Wildman–Crippen MR) is 101 cm³/mol. The van der Waals surface area contributed by atoms with Crippen molar-refractivity contribution >= 4 is 23.3 Å². The average Bonchev–Trinajstić information content (AvgIpc) is 3.03. The Kier molecular flexibility index (Phi) is 5.16. The van der Waals surface area contributed by atoms with E-state index < -0.39 is 5.82 Å². The molecular formula is C19H18FN5O2. The first-order valence-corrected chi connectivity index (χ1v) is 8.19. The van der Waals surface area contributed by atoms with Crippen LogP contribution in [0.25, 0.3) is 5.69 Å². The Labute approximate surface area is 155 Å². The van der Waals surface area contributed by atoms with Gasteiger partial charge in [0, 0.05) is 18.4 Å². The lowest BCUT2D eigenvalue weighted by Crippen LogP contribution is -2.24. The maximum Gasteiger partial charge on any atom is 0.318 e. The highest BCUT2D eigenvalue weighted by atomic mass is 19.1. The first-order valence-electron chi connectivity index (χ1n) is 8.19. The Balaban J connectivity index is 1.81. The minimum absolute atomic E-state index is 0.269. The molecule has 3 rings (SSSR count). The van der Waals surface area contributed by atoms with E-state index in [0.29, 0.717) is 22.6 Å². The van der Waals surface area contributed by atoms with Crippen LogP contribution in [0.15, 0.2) is 54.7 Å². The molecule has 27 heavy (non-hydrogen) atoms. The Hall–Kier alpha value is -3.68. The second-order valence-corrected chi connectivity index (χ2v) is 5.75. The number of carbonyl (C=O) groups is 2. The first kappa shape index (κ1) is 18.1. The van der Waals surface area contributed by atoms with Crippen molar-refractivity contribution in [3.05, 3.63) is 71.8 Å². The molecule has 3 amide bonds. The number of amides is 3. The van der Waals surface area contributed by atoms with Crippen LogP contribution in [0, 0.1) is 12.7 Å². The van der Waals surface area contributed by atoms with Gasteiger partial charge in [-0.1, -0.05) is 18.2 Å². The monoisotopic (exact) mass is 367 g/mol. The van der Waals surface area contributed by atoms with Gasteiger partial charge in [-0.2, -0.15) is 5.10 Å². The molecule has 1 aromatic heterocycles. The summed E-state index contributed by atoms with van der Waals surface area (Å²) in [4.78, 5) is 24.0. The number of carbonyl (C=O) groups excluding carboxylic acids is 2. The highest BCUT2D eigenvalue weighted by molar-refractivity contribution is 6.05. The lowest BCUT2D eigenvalue weighted by molar-refractivity contribution is 0.102. The van der Waals surface area contributed by atoms with Crippen LogP contribution in [-0.4, -0.2) is 28.8 Å². The Morgan fingerprint density at radius 3 is 2.44 bits per heavy atom. The lowest BCUT2D eigenvalue weighted by atomic mass is 10.2. The fourth-order valence-electron chi connectivity index (χ4n) is 2.57. The molecule has 0 fully saturated rings. The number of anilines is 2. The number of aromatic nitrogens is 2. The molecule has 7 nitrogen and oxygen atoms in total. The van der Waals surface area contributed by atoms with Gasteiger partial charge in [-0.25, -0.2) is 13.9 Å². The summed E-state index contributed by atoms with van der Waals surface area (Å²) >= 11 is 0. The molecule has 0 aliphatic carbocycles. The summed E-state index contributed by atoms with van der Waals surface area (Å²) in [5, 5.41) is 12.0. The van der Waals surface area contributed by atoms with E-state index in [1.54, 1.807) is 49.4 Å². The van der Waals surface area contributed by atoms with Gasteiger partial charge in [0.2, 0.25) is 0 Å². The van der Waals surface area contributed by atoms with Crippen LogP contribution in [0.5, 0.6) is 0 Å². The van der Waals surface area contributed by atoms with Crippen molar-refractivity contribution in [3.8, 4) is 5.69 Å². The summed E-state index contributed by atoms with van der Waals surface area (Å²) in [6.45, 7) is 1.69. The number of para-hydroxylation sites is 1. The van der Waals surface area contributed by atoms with Crippen molar-refractivity contribution < 1.29 is 14.0 Å². The molecule has 0 atom stereocenters. The summed E-state index contributed by atoms with van der Waals surface area (Å²) in [7, 11) is 1.51. The molecule has 3 N–H and O–H groups in total. The molecule has 3 aromatic rings. The number of benzene rings is 2. The van der Waals surface area contributed by atoms with Crippen molar-refractivity contribution in [2.45, 2.75) is 6.92 Å². The molecule has 138 valence electrons. The molecule has 2 aromatic carbocycles. The third kappa shape index (κ3) is 3.95. The van der Waals surface area contributed by atoms with Gasteiger partial charge in [0.15, 0.2) is 0 Å². The van der Waals surface area contributed by atoms with Gasteiger partial charge in [0.1, 0.15) is 11.5 Å². The van der Waals surface area contributed by atoms with Crippen LogP contribution < -0.4 is 16.0 Å². The molecule has 1 heterocycles. The quantitative estimate of drug-likeness (QED) is 0.661. The first-order chi connectivity index (χ1) is 13.0. The average molecular weight is 367 g/mol. The van der Waals surface area contributed by atoms with Crippen LogP contribution in [0.2, 0.25) is 0 Å². The zero-order valence-electron chi connectivity index (χ0n) is 14.8. The maximum atomic E-state index is 14.0. The second kappa shape index (κ2) is 7.69. The molecule has 0 aliphatic rings. The molecule has 8 heteroatoms. The van der Waals surface area contributed by atoms with Crippen molar-refractivity contribution in [2.24, 2.45) is 0 Å². The van der Waals surface area contributed by atoms with E-state index in [1.807, 2.05) is 0 Å². The molecule has 0 unspecified atom stereocenters. The number of rotatable bonds is 4. The molecule has 0 saturated heterocycles. The highest BCUT2D eigenvalue weighted by Gasteiger charge is 2.17. The van der Waals surface area contributed by atoms with Gasteiger partial charge in [0.25, 0.3) is 5.91 Å². The minimum atomic E-state index is -0.427. The number of nitrogens with one attached hydrogen (secondary N) is 3. The van der Waals surface area contributed by atoms with Gasteiger partial charge in [-0.3, -0.25) is 4.79 Å². The molecule has 0 spiro atoms. The fourth-order valence-corrected chi connectivity index (χ4v) is 2.57. The molecule has 0 aliphatic heterocycles. The second-order valence-electron chi connectivity index (χ2n) is 5.75. The van der Waals surface area contributed by atoms with E-state index >= 15 is 0 Å². The van der Waals surface area contributed by atoms with E-state index in [-0.39, 0.29) is 17.6 Å². The van der Waals surface area contributed by atoms with Crippen LogP contribution in [0.1, 0.15) is 16.1 Å². The number of nitrogens with zero attached hydrogens (tertiary/aromatic N) is 2. The standard InChI is InChI=1S/C19H18FN5O2/c1-12-15(11-22-25(12)17-9-4-3-8-16(17)20)18(26)23-13-6-5-7-14(10-13)24-19(27)21-2/h3-11H,1-2H3,(H,23,26)(H2,21,24,27). The van der Waals surface area contributed by atoms with E-state index in [9.17, 15) is 14.0 Å². The van der Waals surface area contributed by atoms with E-state index in [1.165, 1.54) is 24.0 Å². The number of hydrogen-bond acceptors (Lipinski definition) is 3. The Bertz CT molecular complexity index is 999. The molecule has 0 bridgehead atoms. The minimum Gasteiger partial charge on any atom is -0.341 e. The smallest absolute Gasteiger partial charge is 0.318 e. The van der Waals surface area contributed by atoms with Crippen LogP contribution in [-0.2, 0) is 0 Å². The van der Waals surface area contributed by atoms with Crippen LogP contribution in [0.3, 0.4) is 0 Å². The highest BCUT2D eigenvalue weighted by Crippen LogP contribution is 2.20. The van der Waals surface area contributed by atoms with Gasteiger partial charge < -0.3 is 16.0 Å². The zero-order chi connectivity index (χ0) is 19.4. The van der Waals surface area contributed by atoms with Crippen LogP contribution >= 0.6 is 0 Å². The van der Waals surface area contributed by atoms with Crippen LogP contribution in [0.4, 0.5) is 20.6 Å². The van der Waals surface area contributed by atoms with Gasteiger partial charge >= 0.3 is 6.03 Å². The Morgan fingerprint density at radius 2 is 1.74 bits per heavy atom. The van der Waals surface area contributed by atoms with Gasteiger partial charge in [0.05, 0.1) is 17.5 Å². The largest absolute Gasteiger partial charge is 0.341 e. The lowest BCUT2D eigenvalue weighted by Gasteiger charge is -2.09. The van der Waals surface area contributed by atoms with Crippen molar-refractivity contribution in [3.63, 3.8) is 0 Å². The maximum absolute atomic E-state index is 14.0. The zero-order valence-corrected chi connectivity index (χ0v) is 14.8. The SMILES string of the molecule is CNC(=O)Nc1cccc(NC(=O)c2cnn(-c3ccccc3F)c2C)c1. The van der Waals surface area contributed by atoms with Gasteiger partial charge in [-0.05, 0) is 37.3 Å². The van der Waals surface area contributed by atoms with Gasteiger partial charge in [-0.15, -0.1) is 0 Å². The summed E-state index contributed by atoms with van der Waals surface area (Å²) in [5.74, 6) is -0.809. The van der Waals surface area contributed by atoms with Crippen molar-refractivity contribution in [2.75, 3.05) is 17.7 Å². The normalized spacial score (nSPS) is 10.3. The topological polar surface area (TPSA) is 88.1 Å². The third-order valence-corrected chi connectivity index (χ3v) is 3.94. The van der Waals surface area contributed by atoms with Crippen molar-refractivity contribution in [1.29, 1.82) is 0 Å². The summed E-state index contributed by atoms with van der Waals surface area (Å²) in [6.07, 6.45) is 1.39. The molecule has 0 radical (unpaired) electrons. The number of hydrogen-bond donors (Lipinski definition) is 3. The predicted octanol–water partition coefficient (Wildman–Crippen LogP) is 3.32. The summed E-state index contributed by atoms with van der Waals surface area (Å²) in [6, 6.07) is 12.6. The van der Waals surface area contributed by atoms with Crippen molar-refractivity contribution in [1.82, 2.24) is 15.1 Å². The molecular weight excluding hydrogens is 349 g/mol. The fraction of sp³-hybridized carbons (Fsp3) is 0.105. The van der Waals surface area contributed by atoms with E-state index in [4.69, 9.17) is 0 Å². The Morgan fingerprint density at radius 1 is 1.04 bits per heavy atom. The third-order valence-electron chi connectivity index (χ3n) is 3.94. The molecule has 0 saturated carbocycles. The summed E-state index contributed by atoms with van der Waals surface area (Å²) in [5.41, 5.74) is 2.14. The number of halogens is 1. The van der Waals surface area contributed by atoms with E-state index in [2.05, 4.69) is 21.0 Å². The summed E-state index contributed by atoms with van der Waals surface area (Å²) < 4.78 is 15.4. The van der Waals surface area contributed by atoms with E-state index in [0.717, 1.165) is 0 Å². The number of urea groups is 1.